The maximum Gasteiger partial charge on any atom is 0.118 e. The van der Waals surface area contributed by atoms with Gasteiger partial charge < -0.3 is 4.74 Å². The van der Waals surface area contributed by atoms with Crippen LogP contribution in [0.4, 0.5) is 0 Å². The summed E-state index contributed by atoms with van der Waals surface area (Å²) < 4.78 is 5.78. The van der Waals surface area contributed by atoms with Gasteiger partial charge in [-0.1, -0.05) is 51.3 Å². The van der Waals surface area contributed by atoms with Gasteiger partial charge in [0, 0.05) is 0 Å². The highest BCUT2D eigenvalue weighted by atomic mass is 28.2. The van der Waals surface area contributed by atoms with E-state index in [0.29, 0.717) is 0 Å². The fourth-order valence-corrected chi connectivity index (χ4v) is 5.78. The molecule has 2 aliphatic rings. The van der Waals surface area contributed by atoms with Gasteiger partial charge in [0.1, 0.15) is 5.75 Å². The average Bonchev–Trinajstić information content (AvgIpc) is 2.68. The normalized spacial score (nSPS) is 30.6. The number of hydrogen-bond donors (Lipinski definition) is 0. The Kier molecular flexibility index (Phi) is 7.45. The molecular formula is C23H38OSi. The van der Waals surface area contributed by atoms with Crippen LogP contribution in [-0.2, 0) is 0 Å². The summed E-state index contributed by atoms with van der Waals surface area (Å²) in [5.74, 6) is 4.98. The summed E-state index contributed by atoms with van der Waals surface area (Å²) in [4.78, 5) is 0. The molecular weight excluding hydrogens is 320 g/mol. The van der Waals surface area contributed by atoms with Gasteiger partial charge >= 0.3 is 0 Å². The molecule has 140 valence electrons. The zero-order valence-electron chi connectivity index (χ0n) is 16.5. The number of rotatable bonds is 7. The van der Waals surface area contributed by atoms with Crippen molar-refractivity contribution in [2.75, 3.05) is 6.23 Å². The van der Waals surface area contributed by atoms with Crippen LogP contribution >= 0.6 is 0 Å². The quantitative estimate of drug-likeness (QED) is 0.533. The first-order chi connectivity index (χ1) is 12.3. The molecule has 0 radical (unpaired) electrons. The molecule has 0 amide bonds. The molecule has 0 heterocycles. The van der Waals surface area contributed by atoms with E-state index in [1.165, 1.54) is 64.2 Å². The zero-order valence-corrected chi connectivity index (χ0v) is 17.9. The Labute approximate surface area is 157 Å². The summed E-state index contributed by atoms with van der Waals surface area (Å²) in [6.07, 6.45) is 15.6. The van der Waals surface area contributed by atoms with Crippen molar-refractivity contribution in [3.8, 4) is 5.75 Å². The maximum absolute atomic E-state index is 5.78. The first-order valence-corrected chi connectivity index (χ1v) is 13.4. The van der Waals surface area contributed by atoms with Crippen molar-refractivity contribution in [1.82, 2.24) is 0 Å². The SMILES string of the molecule is CCC[C@H]1CC[C@H]([C@H]2CC[C@H](c3ccc(OC[SiH2]C)cc3)CC2)CC1. The molecule has 0 saturated heterocycles. The Bertz CT molecular complexity index is 481. The second-order valence-electron chi connectivity index (χ2n) is 8.60. The lowest BCUT2D eigenvalue weighted by molar-refractivity contribution is 0.156. The van der Waals surface area contributed by atoms with Crippen LogP contribution in [0.3, 0.4) is 0 Å². The Hall–Kier alpha value is -0.763. The fourth-order valence-electron chi connectivity index (χ4n) is 5.34. The van der Waals surface area contributed by atoms with Gasteiger partial charge in [0.25, 0.3) is 0 Å². The topological polar surface area (TPSA) is 9.23 Å². The van der Waals surface area contributed by atoms with Gasteiger partial charge in [0.15, 0.2) is 0 Å². The van der Waals surface area contributed by atoms with Crippen molar-refractivity contribution in [3.63, 3.8) is 0 Å². The summed E-state index contributed by atoms with van der Waals surface area (Å²) in [7, 11) is -0.00339. The highest BCUT2D eigenvalue weighted by Gasteiger charge is 2.31. The van der Waals surface area contributed by atoms with Gasteiger partial charge in [0.2, 0.25) is 0 Å². The molecule has 25 heavy (non-hydrogen) atoms. The van der Waals surface area contributed by atoms with Gasteiger partial charge in [-0.25, -0.2) is 0 Å². The first kappa shape index (κ1) is 19.0. The van der Waals surface area contributed by atoms with Crippen LogP contribution < -0.4 is 4.74 Å². The molecule has 0 aliphatic heterocycles. The molecule has 0 bridgehead atoms. The standard InChI is InChI=1S/C23H38OSi/c1-3-4-18-5-7-19(8-6-18)20-9-11-21(12-10-20)22-13-15-23(16-14-22)24-17-25-2/h13-16,18-21H,3-12,17,25H2,1-2H3/t18-,19-,20-,21-. The summed E-state index contributed by atoms with van der Waals surface area (Å²) in [6, 6.07) is 9.04. The minimum absolute atomic E-state index is 0.00339. The molecule has 0 atom stereocenters. The van der Waals surface area contributed by atoms with E-state index in [1.807, 2.05) is 0 Å². The second kappa shape index (κ2) is 9.80. The predicted molar refractivity (Wildman–Crippen MR) is 111 cm³/mol. The van der Waals surface area contributed by atoms with Crippen molar-refractivity contribution in [3.05, 3.63) is 29.8 Å². The summed E-state index contributed by atoms with van der Waals surface area (Å²) in [5, 5.41) is 0. The molecule has 0 unspecified atom stereocenters. The van der Waals surface area contributed by atoms with E-state index >= 15 is 0 Å². The van der Waals surface area contributed by atoms with E-state index in [2.05, 4.69) is 37.7 Å². The predicted octanol–water partition coefficient (Wildman–Crippen LogP) is 6.12. The van der Waals surface area contributed by atoms with Crippen LogP contribution in [0.15, 0.2) is 24.3 Å². The lowest BCUT2D eigenvalue weighted by atomic mass is 9.68. The third kappa shape index (κ3) is 5.36. The van der Waals surface area contributed by atoms with E-state index < -0.39 is 0 Å². The van der Waals surface area contributed by atoms with E-state index in [0.717, 1.165) is 35.7 Å². The van der Waals surface area contributed by atoms with Crippen molar-refractivity contribution >= 4 is 9.52 Å². The molecule has 2 fully saturated rings. The van der Waals surface area contributed by atoms with Gasteiger partial charge in [-0.2, -0.15) is 0 Å². The van der Waals surface area contributed by atoms with E-state index in [9.17, 15) is 0 Å². The highest BCUT2D eigenvalue weighted by Crippen LogP contribution is 2.44. The van der Waals surface area contributed by atoms with Crippen molar-refractivity contribution in [2.24, 2.45) is 17.8 Å². The third-order valence-electron chi connectivity index (χ3n) is 6.85. The zero-order chi connectivity index (χ0) is 17.5. The van der Waals surface area contributed by atoms with Crippen molar-refractivity contribution in [2.45, 2.75) is 83.6 Å². The van der Waals surface area contributed by atoms with Gasteiger partial charge in [-0.3, -0.25) is 0 Å². The number of ether oxygens (including phenoxy) is 1. The van der Waals surface area contributed by atoms with Crippen molar-refractivity contribution < 1.29 is 4.74 Å². The Morgan fingerprint density at radius 2 is 1.48 bits per heavy atom. The molecule has 2 saturated carbocycles. The second-order valence-corrected chi connectivity index (χ2v) is 10.0. The minimum atomic E-state index is -0.00339. The smallest absolute Gasteiger partial charge is 0.118 e. The van der Waals surface area contributed by atoms with Crippen LogP contribution in [-0.4, -0.2) is 15.7 Å². The molecule has 3 rings (SSSR count). The molecule has 2 aliphatic carbocycles. The van der Waals surface area contributed by atoms with E-state index in [4.69, 9.17) is 4.74 Å². The number of benzene rings is 1. The Morgan fingerprint density at radius 3 is 2.04 bits per heavy atom. The van der Waals surface area contributed by atoms with Gasteiger partial charge in [-0.15, -0.1) is 0 Å². The van der Waals surface area contributed by atoms with E-state index in [1.54, 1.807) is 5.56 Å². The first-order valence-electron chi connectivity index (χ1n) is 11.0. The summed E-state index contributed by atoms with van der Waals surface area (Å²) >= 11 is 0. The van der Waals surface area contributed by atoms with Crippen LogP contribution in [0.2, 0.25) is 6.55 Å². The largest absolute Gasteiger partial charge is 0.498 e. The Morgan fingerprint density at radius 1 is 0.880 bits per heavy atom. The highest BCUT2D eigenvalue weighted by molar-refractivity contribution is 6.33. The van der Waals surface area contributed by atoms with Crippen LogP contribution in [0.25, 0.3) is 0 Å². The monoisotopic (exact) mass is 358 g/mol. The van der Waals surface area contributed by atoms with Crippen molar-refractivity contribution in [1.29, 1.82) is 0 Å². The fraction of sp³-hybridized carbons (Fsp3) is 0.739. The average molecular weight is 359 g/mol. The molecule has 1 aromatic carbocycles. The molecule has 0 N–H and O–H groups in total. The van der Waals surface area contributed by atoms with Crippen LogP contribution in [0.5, 0.6) is 5.75 Å². The lowest BCUT2D eigenvalue weighted by Crippen LogP contribution is -2.25. The van der Waals surface area contributed by atoms with E-state index in [-0.39, 0.29) is 9.52 Å². The molecule has 0 spiro atoms. The third-order valence-corrected chi connectivity index (χ3v) is 7.46. The maximum atomic E-state index is 5.78. The molecule has 0 aromatic heterocycles. The molecule has 1 aromatic rings. The lowest BCUT2D eigenvalue weighted by Gasteiger charge is -2.38. The van der Waals surface area contributed by atoms with Gasteiger partial charge in [-0.05, 0) is 79.9 Å². The molecule has 2 heteroatoms. The van der Waals surface area contributed by atoms with Crippen LogP contribution in [0, 0.1) is 17.8 Å². The molecule has 1 nitrogen and oxygen atoms in total. The summed E-state index contributed by atoms with van der Waals surface area (Å²) in [5.41, 5.74) is 1.55. The Balaban J connectivity index is 1.44. The van der Waals surface area contributed by atoms with Gasteiger partial charge in [0.05, 0.1) is 15.7 Å². The minimum Gasteiger partial charge on any atom is -0.498 e. The number of hydrogen-bond acceptors (Lipinski definition) is 1. The van der Waals surface area contributed by atoms with Crippen LogP contribution in [0.1, 0.15) is 82.6 Å². The summed E-state index contributed by atoms with van der Waals surface area (Å²) in [6.45, 7) is 4.64.